The average Bonchev–Trinajstić information content (AvgIpc) is 3.07. The van der Waals surface area contributed by atoms with Gasteiger partial charge in [-0.25, -0.2) is 4.39 Å². The van der Waals surface area contributed by atoms with Gasteiger partial charge in [0.1, 0.15) is 24.2 Å². The van der Waals surface area contributed by atoms with Crippen molar-refractivity contribution in [1.82, 2.24) is 4.90 Å². The van der Waals surface area contributed by atoms with Crippen LogP contribution in [-0.2, 0) is 4.79 Å². The Bertz CT molecular complexity index is 793. The zero-order valence-corrected chi connectivity index (χ0v) is 16.8. The van der Waals surface area contributed by atoms with Gasteiger partial charge in [-0.1, -0.05) is 35.5 Å². The molecule has 1 heterocycles. The van der Waals surface area contributed by atoms with Gasteiger partial charge in [0, 0.05) is 11.4 Å². The summed E-state index contributed by atoms with van der Waals surface area (Å²) < 4.78 is 19.3. The average molecular weight is 432 g/mol. The number of carbonyl (C=O) groups is 1. The minimum absolute atomic E-state index is 0. The molecule has 146 valence electrons. The third-order valence-electron chi connectivity index (χ3n) is 4.23. The molecule has 1 fully saturated rings. The van der Waals surface area contributed by atoms with Gasteiger partial charge < -0.3 is 9.84 Å². The van der Waals surface area contributed by atoms with Crippen molar-refractivity contribution < 1.29 is 19.0 Å². The summed E-state index contributed by atoms with van der Waals surface area (Å²) in [5, 5.41) is 9.76. The van der Waals surface area contributed by atoms with E-state index in [-0.39, 0.29) is 18.2 Å². The third-order valence-corrected chi connectivity index (χ3v) is 5.77. The summed E-state index contributed by atoms with van der Waals surface area (Å²) in [5.74, 6) is -0.483. The standard InChI is InChI=1S/C19H19ClFNO3S.ClH/c20-15-6-2-8-17(18(15)26-14-5-1-4-13(21)12-14)25-11-10-22-9-3-7-16(22)19(23)24;/h1-2,4-6,8,12,16H,3,7,9-11H2,(H,23,24);1H. The predicted molar refractivity (Wildman–Crippen MR) is 107 cm³/mol. The monoisotopic (exact) mass is 431 g/mol. The molecule has 1 N–H and O–H groups in total. The Kier molecular flexibility index (Phi) is 8.23. The zero-order chi connectivity index (χ0) is 18.5. The van der Waals surface area contributed by atoms with Crippen molar-refractivity contribution in [2.45, 2.75) is 28.7 Å². The van der Waals surface area contributed by atoms with Gasteiger partial charge in [0.2, 0.25) is 0 Å². The van der Waals surface area contributed by atoms with E-state index < -0.39 is 12.0 Å². The molecule has 0 aliphatic carbocycles. The number of likely N-dealkylation sites (tertiary alicyclic amines) is 1. The molecule has 3 rings (SSSR count). The number of carboxylic acids is 1. The van der Waals surface area contributed by atoms with Gasteiger partial charge in [0.15, 0.2) is 0 Å². The van der Waals surface area contributed by atoms with Crippen molar-refractivity contribution in [3.63, 3.8) is 0 Å². The second-order valence-electron chi connectivity index (χ2n) is 6.01. The second kappa shape index (κ2) is 10.2. The fraction of sp³-hybridized carbons (Fsp3) is 0.316. The molecule has 4 nitrogen and oxygen atoms in total. The van der Waals surface area contributed by atoms with Crippen LogP contribution in [0.3, 0.4) is 0 Å². The lowest BCUT2D eigenvalue weighted by atomic mass is 10.2. The SMILES string of the molecule is Cl.O=C(O)C1CCCN1CCOc1cccc(Cl)c1Sc1cccc(F)c1. The van der Waals surface area contributed by atoms with E-state index in [4.69, 9.17) is 16.3 Å². The van der Waals surface area contributed by atoms with Crippen LogP contribution >= 0.6 is 35.8 Å². The number of rotatable bonds is 7. The van der Waals surface area contributed by atoms with E-state index in [1.54, 1.807) is 18.2 Å². The quantitative estimate of drug-likeness (QED) is 0.669. The van der Waals surface area contributed by atoms with Crippen LogP contribution in [0.2, 0.25) is 5.02 Å². The molecular weight excluding hydrogens is 412 g/mol. The molecule has 1 unspecified atom stereocenters. The lowest BCUT2D eigenvalue weighted by Crippen LogP contribution is -2.38. The van der Waals surface area contributed by atoms with Crippen LogP contribution < -0.4 is 4.74 Å². The van der Waals surface area contributed by atoms with Crippen LogP contribution in [0.15, 0.2) is 52.3 Å². The van der Waals surface area contributed by atoms with E-state index in [1.165, 1.54) is 23.9 Å². The van der Waals surface area contributed by atoms with Crippen LogP contribution in [-0.4, -0.2) is 41.7 Å². The highest BCUT2D eigenvalue weighted by Gasteiger charge is 2.30. The number of benzene rings is 2. The number of aliphatic carboxylic acids is 1. The molecule has 2 aromatic rings. The molecule has 0 amide bonds. The first-order valence-electron chi connectivity index (χ1n) is 8.36. The smallest absolute Gasteiger partial charge is 0.320 e. The molecule has 0 bridgehead atoms. The molecule has 0 radical (unpaired) electrons. The fourth-order valence-electron chi connectivity index (χ4n) is 3.00. The highest BCUT2D eigenvalue weighted by atomic mass is 35.5. The number of carboxylic acid groups (broad SMARTS) is 1. The van der Waals surface area contributed by atoms with E-state index in [9.17, 15) is 14.3 Å². The Morgan fingerprint density at radius 1 is 1.33 bits per heavy atom. The minimum atomic E-state index is -0.785. The van der Waals surface area contributed by atoms with Crippen molar-refractivity contribution in [2.24, 2.45) is 0 Å². The first-order chi connectivity index (χ1) is 12.5. The highest BCUT2D eigenvalue weighted by Crippen LogP contribution is 2.40. The summed E-state index contributed by atoms with van der Waals surface area (Å²) in [7, 11) is 0. The number of hydrogen-bond donors (Lipinski definition) is 1. The van der Waals surface area contributed by atoms with Gasteiger partial charge in [-0.05, 0) is 49.7 Å². The molecule has 1 aliphatic rings. The molecule has 27 heavy (non-hydrogen) atoms. The van der Waals surface area contributed by atoms with Gasteiger partial charge >= 0.3 is 5.97 Å². The Morgan fingerprint density at radius 3 is 2.85 bits per heavy atom. The van der Waals surface area contributed by atoms with Crippen LogP contribution in [0.4, 0.5) is 4.39 Å². The zero-order valence-electron chi connectivity index (χ0n) is 14.4. The number of hydrogen-bond acceptors (Lipinski definition) is 4. The number of nitrogens with zero attached hydrogens (tertiary/aromatic N) is 1. The summed E-state index contributed by atoms with van der Waals surface area (Å²) in [4.78, 5) is 14.6. The largest absolute Gasteiger partial charge is 0.491 e. The molecule has 0 spiro atoms. The molecule has 1 saturated heterocycles. The van der Waals surface area contributed by atoms with Crippen LogP contribution in [0.25, 0.3) is 0 Å². The lowest BCUT2D eigenvalue weighted by Gasteiger charge is -2.21. The molecule has 1 aliphatic heterocycles. The first-order valence-corrected chi connectivity index (χ1v) is 9.55. The van der Waals surface area contributed by atoms with Gasteiger partial charge in [-0.3, -0.25) is 9.69 Å². The summed E-state index contributed by atoms with van der Waals surface area (Å²) in [5.41, 5.74) is 0. The Morgan fingerprint density at radius 2 is 2.11 bits per heavy atom. The molecule has 0 saturated carbocycles. The first kappa shape index (κ1) is 21.8. The molecule has 8 heteroatoms. The molecule has 2 aromatic carbocycles. The normalized spacial score (nSPS) is 16.7. The maximum Gasteiger partial charge on any atom is 0.320 e. The van der Waals surface area contributed by atoms with E-state index in [1.807, 2.05) is 17.0 Å². The van der Waals surface area contributed by atoms with Crippen molar-refractivity contribution in [3.8, 4) is 5.75 Å². The maximum atomic E-state index is 13.4. The third kappa shape index (κ3) is 5.75. The van der Waals surface area contributed by atoms with Crippen molar-refractivity contribution in [3.05, 3.63) is 53.3 Å². The summed E-state index contributed by atoms with van der Waals surface area (Å²) >= 11 is 7.65. The van der Waals surface area contributed by atoms with Crippen LogP contribution in [0.5, 0.6) is 5.75 Å². The summed E-state index contributed by atoms with van der Waals surface area (Å²) in [6.45, 7) is 1.66. The van der Waals surface area contributed by atoms with Gasteiger partial charge in [0.25, 0.3) is 0 Å². The van der Waals surface area contributed by atoms with Gasteiger partial charge in [0.05, 0.1) is 9.92 Å². The van der Waals surface area contributed by atoms with E-state index in [0.29, 0.717) is 30.3 Å². The van der Waals surface area contributed by atoms with E-state index in [0.717, 1.165) is 22.8 Å². The summed E-state index contributed by atoms with van der Waals surface area (Å²) in [6.07, 6.45) is 1.56. The minimum Gasteiger partial charge on any atom is -0.491 e. The number of halogens is 3. The van der Waals surface area contributed by atoms with E-state index >= 15 is 0 Å². The Labute approximate surface area is 173 Å². The van der Waals surface area contributed by atoms with Gasteiger partial charge in [-0.2, -0.15) is 0 Å². The maximum absolute atomic E-state index is 13.4. The Balaban J connectivity index is 0.00000261. The molecule has 0 aromatic heterocycles. The Hall–Kier alpha value is -1.47. The predicted octanol–water partition coefficient (Wildman–Crippen LogP) is 4.98. The van der Waals surface area contributed by atoms with Crippen molar-refractivity contribution >= 4 is 41.7 Å². The number of ether oxygens (including phenoxy) is 1. The van der Waals surface area contributed by atoms with Crippen LogP contribution in [0.1, 0.15) is 12.8 Å². The fourth-order valence-corrected chi connectivity index (χ4v) is 4.22. The topological polar surface area (TPSA) is 49.8 Å². The van der Waals surface area contributed by atoms with Gasteiger partial charge in [-0.15, -0.1) is 12.4 Å². The highest BCUT2D eigenvalue weighted by molar-refractivity contribution is 7.99. The molecule has 1 atom stereocenters. The molecular formula is C19H20Cl2FNO3S. The summed E-state index contributed by atoms with van der Waals surface area (Å²) in [6, 6.07) is 11.2. The lowest BCUT2D eigenvalue weighted by molar-refractivity contribution is -0.142. The van der Waals surface area contributed by atoms with Crippen molar-refractivity contribution in [2.75, 3.05) is 19.7 Å². The second-order valence-corrected chi connectivity index (χ2v) is 7.50. The van der Waals surface area contributed by atoms with Crippen LogP contribution in [0, 0.1) is 5.82 Å². The van der Waals surface area contributed by atoms with E-state index in [2.05, 4.69) is 0 Å². The van der Waals surface area contributed by atoms with Crippen molar-refractivity contribution in [1.29, 1.82) is 0 Å².